The summed E-state index contributed by atoms with van der Waals surface area (Å²) < 4.78 is 24.5. The Morgan fingerprint density at radius 3 is 2.59 bits per heavy atom. The van der Waals surface area contributed by atoms with Crippen LogP contribution in [0.1, 0.15) is 17.3 Å². The van der Waals surface area contributed by atoms with E-state index in [1.807, 2.05) is 0 Å². The Morgan fingerprint density at radius 1 is 1.53 bits per heavy atom. The number of carbonyl (C=O) groups is 1. The molecular weight excluding hydrogens is 308 g/mol. The van der Waals surface area contributed by atoms with Crippen LogP contribution in [0.15, 0.2) is 40.2 Å². The van der Waals surface area contributed by atoms with Crippen LogP contribution in [0.3, 0.4) is 0 Å². The summed E-state index contributed by atoms with van der Waals surface area (Å²) in [4.78, 5) is 10.8. The van der Waals surface area contributed by atoms with Gasteiger partial charge in [-0.1, -0.05) is 6.08 Å². The highest BCUT2D eigenvalue weighted by Gasteiger charge is 2.24. The lowest BCUT2D eigenvalue weighted by Crippen LogP contribution is -2.16. The summed E-state index contributed by atoms with van der Waals surface area (Å²) in [6, 6.07) is 3.89. The Labute approximate surface area is 108 Å². The number of benzene rings is 1. The molecule has 1 aromatic rings. The number of aromatic carboxylic acids is 1. The molecule has 0 saturated carbocycles. The Morgan fingerprint density at radius 2 is 2.12 bits per heavy atom. The van der Waals surface area contributed by atoms with Crippen LogP contribution in [0.25, 0.3) is 0 Å². The normalized spacial score (nSPS) is 13.1. The number of carboxylic acids is 1. The van der Waals surface area contributed by atoms with E-state index in [4.69, 9.17) is 5.11 Å². The van der Waals surface area contributed by atoms with Gasteiger partial charge >= 0.3 is 5.97 Å². The first kappa shape index (κ1) is 13.9. The zero-order valence-electron chi connectivity index (χ0n) is 9.05. The van der Waals surface area contributed by atoms with Crippen molar-refractivity contribution in [2.45, 2.75) is 17.1 Å². The largest absolute Gasteiger partial charge is 0.478 e. The monoisotopic (exact) mass is 318 g/mol. The van der Waals surface area contributed by atoms with Crippen molar-refractivity contribution < 1.29 is 18.3 Å². The lowest BCUT2D eigenvalue weighted by molar-refractivity contribution is 0.0696. The standard InChI is InChI=1S/C11H11BrO4S/c1-3-7(2)17(15,16)10-6-8(11(13)14)4-5-9(10)12/h3-7H,1H2,2H3,(H,13,14). The molecule has 1 N–H and O–H groups in total. The molecule has 17 heavy (non-hydrogen) atoms. The molecule has 0 fully saturated rings. The summed E-state index contributed by atoms with van der Waals surface area (Å²) in [7, 11) is -3.60. The molecule has 1 aromatic carbocycles. The van der Waals surface area contributed by atoms with Gasteiger partial charge in [-0.2, -0.15) is 0 Å². The minimum Gasteiger partial charge on any atom is -0.478 e. The molecule has 0 radical (unpaired) electrons. The van der Waals surface area contributed by atoms with Crippen molar-refractivity contribution in [1.82, 2.24) is 0 Å². The molecule has 0 aliphatic rings. The molecule has 1 unspecified atom stereocenters. The third-order valence-corrected chi connectivity index (χ3v) is 5.38. The van der Waals surface area contributed by atoms with Crippen LogP contribution in [0.2, 0.25) is 0 Å². The molecule has 0 aliphatic carbocycles. The Hall–Kier alpha value is -1.14. The highest BCUT2D eigenvalue weighted by atomic mass is 79.9. The zero-order valence-corrected chi connectivity index (χ0v) is 11.5. The van der Waals surface area contributed by atoms with Gasteiger partial charge < -0.3 is 5.11 Å². The summed E-state index contributed by atoms with van der Waals surface area (Å²) >= 11 is 3.11. The minimum atomic E-state index is -3.60. The quantitative estimate of drug-likeness (QED) is 0.866. The smallest absolute Gasteiger partial charge is 0.335 e. The Balaban J connectivity index is 3.45. The molecule has 0 aromatic heterocycles. The van der Waals surface area contributed by atoms with Crippen molar-refractivity contribution in [3.63, 3.8) is 0 Å². The van der Waals surface area contributed by atoms with Crippen LogP contribution in [0.4, 0.5) is 0 Å². The van der Waals surface area contributed by atoms with Gasteiger partial charge in [0.25, 0.3) is 0 Å². The van der Waals surface area contributed by atoms with Crippen LogP contribution in [0.5, 0.6) is 0 Å². The maximum Gasteiger partial charge on any atom is 0.335 e. The van der Waals surface area contributed by atoms with Crippen LogP contribution in [0, 0.1) is 0 Å². The summed E-state index contributed by atoms with van der Waals surface area (Å²) in [5, 5.41) is 8.06. The van der Waals surface area contributed by atoms with Crippen LogP contribution in [-0.2, 0) is 9.84 Å². The molecule has 1 rings (SSSR count). The third kappa shape index (κ3) is 2.76. The number of hydrogen-bond donors (Lipinski definition) is 1. The van der Waals surface area contributed by atoms with Crippen molar-refractivity contribution in [2.24, 2.45) is 0 Å². The number of carboxylic acid groups (broad SMARTS) is 1. The van der Waals surface area contributed by atoms with E-state index in [1.165, 1.54) is 25.1 Å². The van der Waals surface area contributed by atoms with E-state index in [-0.39, 0.29) is 10.5 Å². The molecule has 0 amide bonds. The molecule has 0 bridgehead atoms. The zero-order chi connectivity index (χ0) is 13.2. The highest BCUT2D eigenvalue weighted by Crippen LogP contribution is 2.26. The maximum atomic E-state index is 12.1. The molecule has 0 aliphatic heterocycles. The Kier molecular flexibility index (Phi) is 4.11. The fourth-order valence-corrected chi connectivity index (χ4v) is 3.39. The summed E-state index contributed by atoms with van der Waals surface area (Å²) in [6.45, 7) is 4.92. The molecule has 1 atom stereocenters. The van der Waals surface area contributed by atoms with Crippen LogP contribution >= 0.6 is 15.9 Å². The topological polar surface area (TPSA) is 71.4 Å². The second-order valence-corrected chi connectivity index (χ2v) is 6.56. The molecule has 6 heteroatoms. The molecule has 4 nitrogen and oxygen atoms in total. The lowest BCUT2D eigenvalue weighted by atomic mass is 10.2. The predicted molar refractivity (Wildman–Crippen MR) is 67.9 cm³/mol. The first-order chi connectivity index (χ1) is 7.80. The van der Waals surface area contributed by atoms with Crippen molar-refractivity contribution in [2.75, 3.05) is 0 Å². The predicted octanol–water partition coefficient (Wildman–Crippen LogP) is 2.50. The molecule has 0 spiro atoms. The lowest BCUT2D eigenvalue weighted by Gasteiger charge is -2.11. The van der Waals surface area contributed by atoms with Crippen molar-refractivity contribution in [1.29, 1.82) is 0 Å². The molecule has 92 valence electrons. The SMILES string of the molecule is C=CC(C)S(=O)(=O)c1cc(C(=O)O)ccc1Br. The van der Waals surface area contributed by atoms with Crippen molar-refractivity contribution in [3.05, 3.63) is 40.9 Å². The van der Waals surface area contributed by atoms with Crippen molar-refractivity contribution >= 4 is 31.7 Å². The highest BCUT2D eigenvalue weighted by molar-refractivity contribution is 9.10. The summed E-state index contributed by atoms with van der Waals surface area (Å²) in [5.74, 6) is -1.17. The maximum absolute atomic E-state index is 12.1. The van der Waals surface area contributed by atoms with Gasteiger partial charge in [0.05, 0.1) is 15.7 Å². The average Bonchev–Trinajstić information content (AvgIpc) is 2.27. The van der Waals surface area contributed by atoms with Crippen molar-refractivity contribution in [3.8, 4) is 0 Å². The van der Waals surface area contributed by atoms with E-state index in [9.17, 15) is 13.2 Å². The van der Waals surface area contributed by atoms with Gasteiger partial charge in [0.1, 0.15) is 0 Å². The summed E-state index contributed by atoms with van der Waals surface area (Å²) in [5.41, 5.74) is -0.0666. The number of rotatable bonds is 4. The van der Waals surface area contributed by atoms with E-state index < -0.39 is 21.1 Å². The van der Waals surface area contributed by atoms with E-state index >= 15 is 0 Å². The molecule has 0 heterocycles. The minimum absolute atomic E-state index is 0.0372. The summed E-state index contributed by atoms with van der Waals surface area (Å²) in [6.07, 6.45) is 1.30. The fraction of sp³-hybridized carbons (Fsp3) is 0.182. The second-order valence-electron chi connectivity index (χ2n) is 3.44. The van der Waals surface area contributed by atoms with Gasteiger partial charge in [0.2, 0.25) is 0 Å². The van der Waals surface area contributed by atoms with Gasteiger partial charge in [0, 0.05) is 4.47 Å². The fourth-order valence-electron chi connectivity index (χ4n) is 1.18. The van der Waals surface area contributed by atoms with Gasteiger partial charge in [-0.25, -0.2) is 13.2 Å². The average molecular weight is 319 g/mol. The van der Waals surface area contributed by atoms with Gasteiger partial charge in [-0.15, -0.1) is 6.58 Å². The third-order valence-electron chi connectivity index (χ3n) is 2.31. The van der Waals surface area contributed by atoms with E-state index in [1.54, 1.807) is 0 Å². The first-order valence-electron chi connectivity index (χ1n) is 4.70. The second kappa shape index (κ2) is 5.01. The molecular formula is C11H11BrO4S. The number of halogens is 1. The van der Waals surface area contributed by atoms with E-state index in [2.05, 4.69) is 22.5 Å². The Bertz CT molecular complexity index is 563. The van der Waals surface area contributed by atoms with Crippen LogP contribution in [-0.4, -0.2) is 24.7 Å². The van der Waals surface area contributed by atoms with Gasteiger partial charge in [-0.05, 0) is 41.1 Å². The first-order valence-corrected chi connectivity index (χ1v) is 7.04. The number of sulfone groups is 1. The van der Waals surface area contributed by atoms with E-state index in [0.29, 0.717) is 4.47 Å². The van der Waals surface area contributed by atoms with Gasteiger partial charge in [0.15, 0.2) is 9.84 Å². The van der Waals surface area contributed by atoms with Crippen LogP contribution < -0.4 is 0 Å². The van der Waals surface area contributed by atoms with E-state index in [0.717, 1.165) is 6.07 Å². The molecule has 0 saturated heterocycles. The van der Waals surface area contributed by atoms with Gasteiger partial charge in [-0.3, -0.25) is 0 Å². The number of hydrogen-bond acceptors (Lipinski definition) is 3.